The molecule has 30 heavy (non-hydrogen) atoms. The van der Waals surface area contributed by atoms with Gasteiger partial charge >= 0.3 is 0 Å². The lowest BCUT2D eigenvalue weighted by atomic mass is 10.1. The average molecular weight is 442 g/mol. The Morgan fingerprint density at radius 2 is 1.93 bits per heavy atom. The van der Waals surface area contributed by atoms with Crippen molar-refractivity contribution in [2.45, 2.75) is 13.0 Å². The number of likely N-dealkylation sites (N-methyl/N-ethyl adjacent to an activating group) is 1. The van der Waals surface area contributed by atoms with Crippen LogP contribution < -0.4 is 5.32 Å². The van der Waals surface area contributed by atoms with Gasteiger partial charge in [0.05, 0.1) is 17.8 Å². The number of benzene rings is 1. The van der Waals surface area contributed by atoms with E-state index in [-0.39, 0.29) is 17.5 Å². The van der Waals surface area contributed by atoms with E-state index in [9.17, 15) is 4.79 Å². The van der Waals surface area contributed by atoms with E-state index in [1.807, 2.05) is 5.38 Å². The predicted molar refractivity (Wildman–Crippen MR) is 122 cm³/mol. The van der Waals surface area contributed by atoms with Crippen LogP contribution in [0.25, 0.3) is 10.6 Å². The van der Waals surface area contributed by atoms with Crippen LogP contribution in [0.3, 0.4) is 0 Å². The second-order valence-electron chi connectivity index (χ2n) is 7.49. The number of amides is 1. The molecule has 0 radical (unpaired) electrons. The van der Waals surface area contributed by atoms with Crippen molar-refractivity contribution in [1.29, 1.82) is 0 Å². The maximum absolute atomic E-state index is 12.3. The molecular weight excluding hydrogens is 418 g/mol. The number of nitrogens with zero attached hydrogens (tertiary/aromatic N) is 4. The lowest BCUT2D eigenvalue weighted by Gasteiger charge is -2.32. The minimum Gasteiger partial charge on any atom is -0.323 e. The molecule has 0 atom stereocenters. The van der Waals surface area contributed by atoms with Crippen LogP contribution in [0.5, 0.6) is 0 Å². The van der Waals surface area contributed by atoms with Crippen LogP contribution in [-0.2, 0) is 17.8 Å². The van der Waals surface area contributed by atoms with Gasteiger partial charge in [0.1, 0.15) is 5.01 Å². The number of nitrogens with one attached hydrogen (secondary N) is 1. The van der Waals surface area contributed by atoms with Gasteiger partial charge in [-0.25, -0.2) is 9.97 Å². The van der Waals surface area contributed by atoms with Crippen molar-refractivity contribution in [3.8, 4) is 10.6 Å². The summed E-state index contributed by atoms with van der Waals surface area (Å²) in [7, 11) is 2.17. The van der Waals surface area contributed by atoms with Crippen molar-refractivity contribution in [3.05, 3.63) is 64.4 Å². The Labute approximate surface area is 185 Å². The zero-order chi connectivity index (χ0) is 20.9. The summed E-state index contributed by atoms with van der Waals surface area (Å²) in [6, 6.07) is 12.0. The number of anilines is 1. The summed E-state index contributed by atoms with van der Waals surface area (Å²) in [5.41, 5.74) is 3.64. The normalized spacial score (nSPS) is 15.3. The first-order chi connectivity index (χ1) is 14.6. The fourth-order valence-electron chi connectivity index (χ4n) is 3.38. The summed E-state index contributed by atoms with van der Waals surface area (Å²) in [5, 5.41) is 5.91. The summed E-state index contributed by atoms with van der Waals surface area (Å²) in [6.07, 6.45) is 1.78. The van der Waals surface area contributed by atoms with Crippen LogP contribution in [0.15, 0.2) is 48.0 Å². The Bertz CT molecular complexity index is 999. The highest BCUT2D eigenvalue weighted by atomic mass is 35.5. The first kappa shape index (κ1) is 20.9. The quantitative estimate of drug-likeness (QED) is 0.590. The lowest BCUT2D eigenvalue weighted by molar-refractivity contribution is -0.115. The van der Waals surface area contributed by atoms with Gasteiger partial charge in [0.2, 0.25) is 5.91 Å². The van der Waals surface area contributed by atoms with Crippen LogP contribution in [0.1, 0.15) is 11.3 Å². The van der Waals surface area contributed by atoms with Crippen molar-refractivity contribution in [2.75, 3.05) is 38.5 Å². The van der Waals surface area contributed by atoms with Crippen LogP contribution in [0, 0.1) is 0 Å². The predicted octanol–water partition coefficient (Wildman–Crippen LogP) is 3.79. The Morgan fingerprint density at radius 3 is 2.67 bits per heavy atom. The van der Waals surface area contributed by atoms with E-state index in [1.54, 1.807) is 29.7 Å². The molecule has 1 amide bonds. The monoisotopic (exact) mass is 441 g/mol. The van der Waals surface area contributed by atoms with Gasteiger partial charge in [-0.2, -0.15) is 0 Å². The van der Waals surface area contributed by atoms with Crippen molar-refractivity contribution in [1.82, 2.24) is 19.8 Å². The molecule has 0 unspecified atom stereocenters. The maximum atomic E-state index is 12.3. The number of piperazine rings is 1. The first-order valence-corrected chi connectivity index (χ1v) is 11.2. The number of carbonyl (C=O) groups is 1. The number of hydrogen-bond acceptors (Lipinski definition) is 6. The summed E-state index contributed by atoms with van der Waals surface area (Å²) in [6.45, 7) is 5.45. The van der Waals surface area contributed by atoms with Gasteiger partial charge in [-0.15, -0.1) is 11.3 Å². The van der Waals surface area contributed by atoms with Crippen molar-refractivity contribution < 1.29 is 4.79 Å². The van der Waals surface area contributed by atoms with Crippen molar-refractivity contribution in [2.24, 2.45) is 0 Å². The molecule has 1 aromatic carbocycles. The van der Waals surface area contributed by atoms with Gasteiger partial charge in [-0.3, -0.25) is 9.69 Å². The summed E-state index contributed by atoms with van der Waals surface area (Å²) in [4.78, 5) is 25.7. The Kier molecular flexibility index (Phi) is 6.74. The van der Waals surface area contributed by atoms with E-state index in [1.165, 1.54) is 5.56 Å². The zero-order valence-corrected chi connectivity index (χ0v) is 18.4. The standard InChI is InChI=1S/C22H24ClN5OS/c1-27-9-11-28(12-10-27)14-16-4-6-17(7-5-16)22-25-18(15-30-22)13-20(29)26-19-3-2-8-24-21(19)23/h2-8,15H,9-14H2,1H3,(H,26,29). The molecule has 0 spiro atoms. The van der Waals surface area contributed by atoms with Crippen LogP contribution in [-0.4, -0.2) is 58.9 Å². The number of pyridine rings is 1. The van der Waals surface area contributed by atoms with Crippen molar-refractivity contribution in [3.63, 3.8) is 0 Å². The number of hydrogen-bond donors (Lipinski definition) is 1. The number of rotatable bonds is 6. The smallest absolute Gasteiger partial charge is 0.230 e. The summed E-state index contributed by atoms with van der Waals surface area (Å²) >= 11 is 7.54. The largest absolute Gasteiger partial charge is 0.323 e. The first-order valence-electron chi connectivity index (χ1n) is 9.92. The van der Waals surface area contributed by atoms with Gasteiger partial charge in [0, 0.05) is 49.9 Å². The van der Waals surface area contributed by atoms with Crippen LogP contribution in [0.2, 0.25) is 5.15 Å². The van der Waals surface area contributed by atoms with Gasteiger partial charge in [0.25, 0.3) is 0 Å². The van der Waals surface area contributed by atoms with Gasteiger partial charge in [-0.1, -0.05) is 35.9 Å². The fourth-order valence-corrected chi connectivity index (χ4v) is 4.37. The van der Waals surface area contributed by atoms with E-state index in [0.29, 0.717) is 5.69 Å². The fraction of sp³-hybridized carbons (Fsp3) is 0.318. The maximum Gasteiger partial charge on any atom is 0.230 e. The second kappa shape index (κ2) is 9.66. The van der Waals surface area contributed by atoms with Crippen LogP contribution >= 0.6 is 22.9 Å². The highest BCUT2D eigenvalue weighted by molar-refractivity contribution is 7.13. The molecule has 156 valence electrons. The third-order valence-electron chi connectivity index (χ3n) is 5.13. The molecule has 3 heterocycles. The summed E-state index contributed by atoms with van der Waals surface area (Å²) < 4.78 is 0. The molecule has 0 bridgehead atoms. The molecule has 8 heteroatoms. The molecule has 1 saturated heterocycles. The summed E-state index contributed by atoms with van der Waals surface area (Å²) in [5.74, 6) is -0.163. The van der Waals surface area contributed by atoms with E-state index < -0.39 is 0 Å². The topological polar surface area (TPSA) is 61.4 Å². The van der Waals surface area contributed by atoms with Crippen LogP contribution in [0.4, 0.5) is 5.69 Å². The second-order valence-corrected chi connectivity index (χ2v) is 8.70. The van der Waals surface area contributed by atoms with Gasteiger partial charge in [0.15, 0.2) is 5.15 Å². The third kappa shape index (κ3) is 5.43. The lowest BCUT2D eigenvalue weighted by Crippen LogP contribution is -2.43. The highest BCUT2D eigenvalue weighted by Gasteiger charge is 2.14. The van der Waals surface area contributed by atoms with E-state index in [2.05, 4.69) is 56.4 Å². The minimum absolute atomic E-state index is 0.163. The van der Waals surface area contributed by atoms with Gasteiger partial charge in [-0.05, 0) is 24.7 Å². The SMILES string of the molecule is CN1CCN(Cc2ccc(-c3nc(CC(=O)Nc4cccnc4Cl)cs3)cc2)CC1. The highest BCUT2D eigenvalue weighted by Crippen LogP contribution is 2.25. The molecule has 0 aliphatic carbocycles. The average Bonchev–Trinajstić information content (AvgIpc) is 3.20. The molecular formula is C22H24ClN5OS. The molecule has 4 rings (SSSR count). The van der Waals surface area contributed by atoms with E-state index in [0.717, 1.165) is 49.0 Å². The van der Waals surface area contributed by atoms with E-state index >= 15 is 0 Å². The number of carbonyl (C=O) groups excluding carboxylic acids is 1. The Balaban J connectivity index is 1.34. The third-order valence-corrected chi connectivity index (χ3v) is 6.37. The molecule has 2 aromatic heterocycles. The molecule has 1 fully saturated rings. The number of aromatic nitrogens is 2. The zero-order valence-electron chi connectivity index (χ0n) is 16.8. The minimum atomic E-state index is -0.163. The Morgan fingerprint density at radius 1 is 1.17 bits per heavy atom. The molecule has 3 aromatic rings. The number of thiazole rings is 1. The molecule has 1 N–H and O–H groups in total. The van der Waals surface area contributed by atoms with Crippen molar-refractivity contribution >= 4 is 34.5 Å². The molecule has 1 aliphatic rings. The number of halogens is 1. The molecule has 1 aliphatic heterocycles. The Hall–Kier alpha value is -2.32. The van der Waals surface area contributed by atoms with Gasteiger partial charge < -0.3 is 10.2 Å². The van der Waals surface area contributed by atoms with E-state index in [4.69, 9.17) is 11.6 Å². The molecule has 6 nitrogen and oxygen atoms in total. The molecule has 0 saturated carbocycles.